The van der Waals surface area contributed by atoms with Crippen LogP contribution in [0.3, 0.4) is 0 Å². The van der Waals surface area contributed by atoms with Crippen LogP contribution in [0.25, 0.3) is 0 Å². The quantitative estimate of drug-likeness (QED) is 0.155. The van der Waals surface area contributed by atoms with Gasteiger partial charge in [0.25, 0.3) is 0 Å². The molecule has 6 N–H and O–H groups in total. The van der Waals surface area contributed by atoms with Gasteiger partial charge in [-0.15, -0.1) is 0 Å². The smallest absolute Gasteiger partial charge is 0.190 e. The number of nitrogens with zero attached hydrogens (tertiary/aromatic N) is 2. The Kier molecular flexibility index (Phi) is 15.7. The molecule has 0 radical (unpaired) electrons. The molecule has 8 heteroatoms. The van der Waals surface area contributed by atoms with Gasteiger partial charge in [0.15, 0.2) is 11.9 Å². The molecule has 0 aromatic carbocycles. The first kappa shape index (κ1) is 21.5. The largest absolute Gasteiger partial charge is 0.359 e. The molecule has 8 nitrogen and oxygen atoms in total. The summed E-state index contributed by atoms with van der Waals surface area (Å²) in [5.74, 6) is 1.69. The molecule has 0 saturated heterocycles. The molecule has 23 heavy (non-hydrogen) atoms. The Labute approximate surface area is 141 Å². The fraction of sp³-hybridized carbons (Fsp3) is 0.867. The standard InChI is InChI=1S/C15H36N8/c1-16-14(17-2)22-12-6-10-20-8-5-9-21-11-7-13-23-15(18-3)19-4/h20-21H,5-13H2,1-4H3,(H2,16,17,22)(H2,18,19,23). The molecule has 0 rings (SSSR count). The van der Waals surface area contributed by atoms with Crippen LogP contribution in [-0.4, -0.2) is 79.4 Å². The van der Waals surface area contributed by atoms with E-state index in [0.717, 1.165) is 70.5 Å². The van der Waals surface area contributed by atoms with Crippen LogP contribution in [0.5, 0.6) is 0 Å². The van der Waals surface area contributed by atoms with Crippen LogP contribution in [0, 0.1) is 0 Å². The molecule has 0 atom stereocenters. The predicted molar refractivity (Wildman–Crippen MR) is 100 cm³/mol. The first-order valence-electron chi connectivity index (χ1n) is 8.46. The van der Waals surface area contributed by atoms with Crippen molar-refractivity contribution in [2.45, 2.75) is 19.3 Å². The van der Waals surface area contributed by atoms with Gasteiger partial charge in [0, 0.05) is 41.3 Å². The zero-order valence-corrected chi connectivity index (χ0v) is 15.3. The van der Waals surface area contributed by atoms with E-state index in [0.29, 0.717) is 0 Å². The van der Waals surface area contributed by atoms with Gasteiger partial charge in [0.05, 0.1) is 0 Å². The van der Waals surface area contributed by atoms with E-state index >= 15 is 0 Å². The summed E-state index contributed by atoms with van der Waals surface area (Å²) in [7, 11) is 7.29. The second kappa shape index (κ2) is 16.8. The first-order valence-corrected chi connectivity index (χ1v) is 8.46. The molecule has 0 aliphatic rings. The summed E-state index contributed by atoms with van der Waals surface area (Å²) < 4.78 is 0. The lowest BCUT2D eigenvalue weighted by Gasteiger charge is -2.10. The molecule has 0 aliphatic carbocycles. The van der Waals surface area contributed by atoms with Gasteiger partial charge in [0.1, 0.15) is 0 Å². The number of guanidine groups is 2. The van der Waals surface area contributed by atoms with Crippen LogP contribution in [0.4, 0.5) is 0 Å². The van der Waals surface area contributed by atoms with Gasteiger partial charge in [-0.2, -0.15) is 0 Å². The highest BCUT2D eigenvalue weighted by molar-refractivity contribution is 5.79. The maximum atomic E-state index is 4.07. The van der Waals surface area contributed by atoms with E-state index < -0.39 is 0 Å². The summed E-state index contributed by atoms with van der Waals surface area (Å²) in [6.07, 6.45) is 3.33. The number of nitrogens with one attached hydrogen (secondary N) is 6. The van der Waals surface area contributed by atoms with Crippen molar-refractivity contribution in [3.8, 4) is 0 Å². The topological polar surface area (TPSA) is 96.9 Å². The molecular weight excluding hydrogens is 292 g/mol. The lowest BCUT2D eigenvalue weighted by atomic mass is 10.3. The molecule has 0 amide bonds. The van der Waals surface area contributed by atoms with Crippen LogP contribution >= 0.6 is 0 Å². The van der Waals surface area contributed by atoms with Gasteiger partial charge in [-0.3, -0.25) is 9.98 Å². The normalized spacial score (nSPS) is 12.2. The van der Waals surface area contributed by atoms with Crippen molar-refractivity contribution < 1.29 is 0 Å². The average molecular weight is 329 g/mol. The van der Waals surface area contributed by atoms with E-state index in [9.17, 15) is 0 Å². The van der Waals surface area contributed by atoms with Crippen molar-refractivity contribution in [2.24, 2.45) is 9.98 Å². The van der Waals surface area contributed by atoms with Crippen molar-refractivity contribution in [1.82, 2.24) is 31.9 Å². The monoisotopic (exact) mass is 328 g/mol. The average Bonchev–Trinajstić information content (AvgIpc) is 2.59. The van der Waals surface area contributed by atoms with Crippen molar-refractivity contribution in [2.75, 3.05) is 67.5 Å². The molecule has 0 unspecified atom stereocenters. The Morgan fingerprint density at radius 2 is 0.957 bits per heavy atom. The van der Waals surface area contributed by atoms with Gasteiger partial charge in [-0.05, 0) is 45.4 Å². The third kappa shape index (κ3) is 13.8. The molecule has 0 heterocycles. The number of hydrogen-bond acceptors (Lipinski definition) is 4. The number of hydrogen-bond donors (Lipinski definition) is 6. The maximum Gasteiger partial charge on any atom is 0.190 e. The predicted octanol–water partition coefficient (Wildman–Crippen LogP) is -1.07. The van der Waals surface area contributed by atoms with E-state index in [2.05, 4.69) is 41.9 Å². The highest BCUT2D eigenvalue weighted by Gasteiger charge is 1.94. The van der Waals surface area contributed by atoms with E-state index in [4.69, 9.17) is 0 Å². The van der Waals surface area contributed by atoms with E-state index in [1.807, 2.05) is 14.1 Å². The molecule has 0 spiro atoms. The molecule has 0 bridgehead atoms. The SMILES string of the molecule is C/N=C(\NC)NCCCNCCCNCCCN/C(=N/C)NC. The second-order valence-electron chi connectivity index (χ2n) is 5.06. The Bertz CT molecular complexity index is 287. The maximum absolute atomic E-state index is 4.07. The lowest BCUT2D eigenvalue weighted by Crippen LogP contribution is -2.36. The van der Waals surface area contributed by atoms with Gasteiger partial charge in [-0.25, -0.2) is 0 Å². The Hall–Kier alpha value is -1.54. The summed E-state index contributed by atoms with van der Waals surface area (Å²) in [5, 5.41) is 19.4. The van der Waals surface area contributed by atoms with Gasteiger partial charge in [-0.1, -0.05) is 0 Å². The van der Waals surface area contributed by atoms with E-state index in [1.165, 1.54) is 0 Å². The fourth-order valence-electron chi connectivity index (χ4n) is 1.99. The van der Waals surface area contributed by atoms with Crippen molar-refractivity contribution >= 4 is 11.9 Å². The van der Waals surface area contributed by atoms with Crippen LogP contribution in [0.2, 0.25) is 0 Å². The number of rotatable bonds is 12. The van der Waals surface area contributed by atoms with Crippen molar-refractivity contribution in [3.05, 3.63) is 0 Å². The van der Waals surface area contributed by atoms with Crippen molar-refractivity contribution in [1.29, 1.82) is 0 Å². The number of aliphatic imine (C=N–C) groups is 2. The summed E-state index contributed by atoms with van der Waals surface area (Å²) in [5.41, 5.74) is 0. The summed E-state index contributed by atoms with van der Waals surface area (Å²) in [4.78, 5) is 8.13. The van der Waals surface area contributed by atoms with Crippen LogP contribution < -0.4 is 31.9 Å². The third-order valence-electron chi connectivity index (χ3n) is 3.27. The molecule has 0 fully saturated rings. The zero-order valence-electron chi connectivity index (χ0n) is 15.3. The molecule has 0 aromatic rings. The summed E-state index contributed by atoms with van der Waals surface area (Å²) in [6, 6.07) is 0. The van der Waals surface area contributed by atoms with Gasteiger partial charge >= 0.3 is 0 Å². The van der Waals surface area contributed by atoms with E-state index in [1.54, 1.807) is 14.1 Å². The summed E-state index contributed by atoms with van der Waals surface area (Å²) >= 11 is 0. The van der Waals surface area contributed by atoms with E-state index in [-0.39, 0.29) is 0 Å². The van der Waals surface area contributed by atoms with Crippen LogP contribution in [0.15, 0.2) is 9.98 Å². The minimum absolute atomic E-state index is 0.843. The Morgan fingerprint density at radius 1 is 0.609 bits per heavy atom. The molecular formula is C15H36N8. The van der Waals surface area contributed by atoms with Gasteiger partial charge < -0.3 is 31.9 Å². The minimum atomic E-state index is 0.843. The molecule has 0 aromatic heterocycles. The lowest BCUT2D eigenvalue weighted by molar-refractivity contribution is 0.571. The zero-order chi connectivity index (χ0) is 17.2. The first-order chi connectivity index (χ1) is 11.3. The van der Waals surface area contributed by atoms with Gasteiger partial charge in [0.2, 0.25) is 0 Å². The van der Waals surface area contributed by atoms with Crippen LogP contribution in [0.1, 0.15) is 19.3 Å². The Morgan fingerprint density at radius 3 is 1.26 bits per heavy atom. The third-order valence-corrected chi connectivity index (χ3v) is 3.27. The second-order valence-corrected chi connectivity index (χ2v) is 5.06. The molecule has 0 aliphatic heterocycles. The highest BCUT2D eigenvalue weighted by Crippen LogP contribution is 1.79. The highest BCUT2D eigenvalue weighted by atomic mass is 15.2. The summed E-state index contributed by atoms with van der Waals surface area (Å²) in [6.45, 7) is 6.03. The van der Waals surface area contributed by atoms with Crippen molar-refractivity contribution in [3.63, 3.8) is 0 Å². The Balaban J connectivity index is 3.19. The fourth-order valence-corrected chi connectivity index (χ4v) is 1.99. The minimum Gasteiger partial charge on any atom is -0.359 e. The van der Waals surface area contributed by atoms with Crippen LogP contribution in [-0.2, 0) is 0 Å². The molecule has 136 valence electrons. The molecule has 0 saturated carbocycles.